The van der Waals surface area contributed by atoms with E-state index in [9.17, 15) is 17.2 Å². The number of hydrogen-bond donors (Lipinski definition) is 1. The van der Waals surface area contributed by atoms with Gasteiger partial charge in [0.1, 0.15) is 11.6 Å². The molecule has 1 aliphatic rings. The fraction of sp³-hybridized carbons (Fsp3) is 0.250. The largest absolute Gasteiger partial charge is 0.369 e. The molecule has 0 bridgehead atoms. The molecule has 0 spiro atoms. The van der Waals surface area contributed by atoms with Crippen molar-refractivity contribution in [2.45, 2.75) is 17.7 Å². The van der Waals surface area contributed by atoms with Gasteiger partial charge in [0, 0.05) is 19.2 Å². The Kier molecular flexibility index (Phi) is 4.21. The molecule has 0 saturated carbocycles. The molecule has 3 rings (SSSR count). The first-order chi connectivity index (χ1) is 11.0. The molecule has 0 aromatic heterocycles. The Hall–Kier alpha value is -2.15. The molecule has 0 radical (unpaired) electrons. The highest BCUT2D eigenvalue weighted by molar-refractivity contribution is 7.92. The van der Waals surface area contributed by atoms with Gasteiger partial charge in [-0.1, -0.05) is 0 Å². The van der Waals surface area contributed by atoms with Gasteiger partial charge in [0.25, 0.3) is 10.0 Å². The molecule has 4 nitrogen and oxygen atoms in total. The van der Waals surface area contributed by atoms with E-state index >= 15 is 0 Å². The third-order valence-corrected chi connectivity index (χ3v) is 5.17. The molecule has 1 aliphatic heterocycles. The van der Waals surface area contributed by atoms with Gasteiger partial charge in [0.2, 0.25) is 0 Å². The monoisotopic (exact) mass is 338 g/mol. The van der Waals surface area contributed by atoms with Crippen molar-refractivity contribution in [3.63, 3.8) is 0 Å². The zero-order valence-electron chi connectivity index (χ0n) is 12.3. The van der Waals surface area contributed by atoms with Crippen molar-refractivity contribution >= 4 is 21.4 Å². The van der Waals surface area contributed by atoms with Gasteiger partial charge in [0.15, 0.2) is 0 Å². The van der Waals surface area contributed by atoms with Gasteiger partial charge in [-0.15, -0.1) is 0 Å². The summed E-state index contributed by atoms with van der Waals surface area (Å²) in [6, 6.07) is 8.70. The average Bonchev–Trinajstić information content (AvgIpc) is 3.01. The maximum atomic E-state index is 14.2. The third-order valence-electron chi connectivity index (χ3n) is 3.77. The highest BCUT2D eigenvalue weighted by Crippen LogP contribution is 2.27. The van der Waals surface area contributed by atoms with E-state index in [-0.39, 0.29) is 10.6 Å². The highest BCUT2D eigenvalue weighted by Gasteiger charge is 2.18. The Labute approximate surface area is 133 Å². The van der Waals surface area contributed by atoms with Crippen molar-refractivity contribution in [1.82, 2.24) is 0 Å². The van der Waals surface area contributed by atoms with Crippen molar-refractivity contribution in [2.24, 2.45) is 0 Å². The first-order valence-corrected chi connectivity index (χ1v) is 8.77. The molecular weight excluding hydrogens is 322 g/mol. The summed E-state index contributed by atoms with van der Waals surface area (Å²) < 4.78 is 53.8. The molecule has 0 aliphatic carbocycles. The van der Waals surface area contributed by atoms with Crippen LogP contribution in [0.3, 0.4) is 0 Å². The van der Waals surface area contributed by atoms with Crippen molar-refractivity contribution in [2.75, 3.05) is 22.7 Å². The summed E-state index contributed by atoms with van der Waals surface area (Å²) in [5, 5.41) is 0. The van der Waals surface area contributed by atoms with E-state index in [0.29, 0.717) is 5.69 Å². The number of hydrogen-bond acceptors (Lipinski definition) is 3. The van der Waals surface area contributed by atoms with E-state index in [0.717, 1.165) is 56.3 Å². The smallest absolute Gasteiger partial charge is 0.261 e. The van der Waals surface area contributed by atoms with Crippen LogP contribution in [0.1, 0.15) is 12.8 Å². The lowest BCUT2D eigenvalue weighted by Crippen LogP contribution is -2.19. The molecule has 7 heteroatoms. The Bertz CT molecular complexity index is 801. The molecule has 0 amide bonds. The van der Waals surface area contributed by atoms with Crippen molar-refractivity contribution < 1.29 is 17.2 Å². The summed E-state index contributed by atoms with van der Waals surface area (Å²) in [4.78, 5) is 1.86. The molecule has 2 aromatic carbocycles. The van der Waals surface area contributed by atoms with E-state index in [1.807, 2.05) is 4.90 Å². The number of benzene rings is 2. The topological polar surface area (TPSA) is 49.4 Å². The SMILES string of the molecule is O=S(=O)(Nc1ccc(N2CCCC2)c(F)c1)c1ccc(F)cc1. The summed E-state index contributed by atoms with van der Waals surface area (Å²) >= 11 is 0. The molecular formula is C16H16F2N2O2S. The van der Waals surface area contributed by atoms with Gasteiger partial charge in [-0.05, 0) is 49.2 Å². The van der Waals surface area contributed by atoms with Crippen molar-refractivity contribution in [3.8, 4) is 0 Å². The van der Waals surface area contributed by atoms with Crippen LogP contribution < -0.4 is 9.62 Å². The van der Waals surface area contributed by atoms with Crippen LogP contribution in [-0.4, -0.2) is 21.5 Å². The second kappa shape index (κ2) is 6.16. The van der Waals surface area contributed by atoms with Gasteiger partial charge in [-0.25, -0.2) is 17.2 Å². The Morgan fingerprint density at radius 1 is 0.957 bits per heavy atom. The maximum Gasteiger partial charge on any atom is 0.261 e. The molecule has 1 fully saturated rings. The zero-order valence-corrected chi connectivity index (χ0v) is 13.1. The molecule has 23 heavy (non-hydrogen) atoms. The summed E-state index contributed by atoms with van der Waals surface area (Å²) in [6.07, 6.45) is 2.05. The minimum atomic E-state index is -3.88. The molecule has 2 aromatic rings. The number of nitrogens with zero attached hydrogens (tertiary/aromatic N) is 1. The van der Waals surface area contributed by atoms with Crippen LogP contribution in [0, 0.1) is 11.6 Å². The summed E-state index contributed by atoms with van der Waals surface area (Å²) in [5.41, 5.74) is 0.613. The van der Waals surface area contributed by atoms with Crippen LogP contribution in [0.5, 0.6) is 0 Å². The Balaban J connectivity index is 1.82. The average molecular weight is 338 g/mol. The molecule has 1 saturated heterocycles. The summed E-state index contributed by atoms with van der Waals surface area (Å²) in [6.45, 7) is 1.61. The van der Waals surface area contributed by atoms with Crippen molar-refractivity contribution in [3.05, 3.63) is 54.1 Å². The predicted octanol–water partition coefficient (Wildman–Crippen LogP) is 3.37. The standard InChI is InChI=1S/C16H16F2N2O2S/c17-12-3-6-14(7-4-12)23(21,22)19-13-5-8-16(15(18)11-13)20-9-1-2-10-20/h3-8,11,19H,1-2,9-10H2. The second-order valence-electron chi connectivity index (χ2n) is 5.42. The predicted molar refractivity (Wildman–Crippen MR) is 85.1 cm³/mol. The number of anilines is 2. The second-order valence-corrected chi connectivity index (χ2v) is 7.10. The van der Waals surface area contributed by atoms with Crippen LogP contribution in [0.4, 0.5) is 20.2 Å². The van der Waals surface area contributed by atoms with Crippen LogP contribution in [0.2, 0.25) is 0 Å². The van der Waals surface area contributed by atoms with Crippen LogP contribution in [-0.2, 0) is 10.0 Å². The molecule has 0 atom stereocenters. The van der Waals surface area contributed by atoms with E-state index < -0.39 is 21.7 Å². The molecule has 0 unspecified atom stereocenters. The number of sulfonamides is 1. The Morgan fingerprint density at radius 3 is 2.22 bits per heavy atom. The van der Waals surface area contributed by atoms with E-state index in [1.165, 1.54) is 6.07 Å². The van der Waals surface area contributed by atoms with Gasteiger partial charge in [-0.3, -0.25) is 4.72 Å². The van der Waals surface area contributed by atoms with E-state index in [2.05, 4.69) is 4.72 Å². The minimum Gasteiger partial charge on any atom is -0.369 e. The number of rotatable bonds is 4. The zero-order chi connectivity index (χ0) is 16.4. The molecule has 1 heterocycles. The van der Waals surface area contributed by atoms with Crippen LogP contribution in [0.15, 0.2) is 47.4 Å². The Morgan fingerprint density at radius 2 is 1.61 bits per heavy atom. The lowest BCUT2D eigenvalue weighted by Gasteiger charge is -2.19. The fourth-order valence-corrected chi connectivity index (χ4v) is 3.66. The summed E-state index contributed by atoms with van der Waals surface area (Å²) in [5.74, 6) is -0.990. The molecule has 122 valence electrons. The quantitative estimate of drug-likeness (QED) is 0.930. The third kappa shape index (κ3) is 3.44. The summed E-state index contributed by atoms with van der Waals surface area (Å²) in [7, 11) is -3.88. The highest BCUT2D eigenvalue weighted by atomic mass is 32.2. The van der Waals surface area contributed by atoms with Gasteiger partial charge < -0.3 is 4.90 Å². The lowest BCUT2D eigenvalue weighted by atomic mass is 10.2. The maximum absolute atomic E-state index is 14.2. The fourth-order valence-electron chi connectivity index (χ4n) is 2.61. The van der Waals surface area contributed by atoms with Gasteiger partial charge >= 0.3 is 0 Å². The number of nitrogens with one attached hydrogen (secondary N) is 1. The lowest BCUT2D eigenvalue weighted by molar-refractivity contribution is 0.599. The molecule has 1 N–H and O–H groups in total. The van der Waals surface area contributed by atoms with Gasteiger partial charge in [-0.2, -0.15) is 0 Å². The van der Waals surface area contributed by atoms with E-state index in [4.69, 9.17) is 0 Å². The first kappa shape index (κ1) is 15.7. The normalized spacial score (nSPS) is 15.0. The van der Waals surface area contributed by atoms with Gasteiger partial charge in [0.05, 0.1) is 16.3 Å². The van der Waals surface area contributed by atoms with E-state index in [1.54, 1.807) is 6.07 Å². The van der Waals surface area contributed by atoms with Crippen molar-refractivity contribution in [1.29, 1.82) is 0 Å². The number of halogens is 2. The minimum absolute atomic E-state index is 0.0806. The van der Waals surface area contributed by atoms with Crippen LogP contribution >= 0.6 is 0 Å². The first-order valence-electron chi connectivity index (χ1n) is 7.29. The van der Waals surface area contributed by atoms with Crippen LogP contribution in [0.25, 0.3) is 0 Å².